The number of hydrogen-bond donors (Lipinski definition) is 1. The second-order valence-electron chi connectivity index (χ2n) is 7.18. The van der Waals surface area contributed by atoms with Crippen LogP contribution in [0.1, 0.15) is 40.7 Å². The monoisotopic (exact) mass is 446 g/mol. The topological polar surface area (TPSA) is 49.4 Å². The molecular weight excluding hydrogens is 423 g/mol. The number of carbonyl (C=O) groups is 2. The molecule has 0 atom stereocenters. The summed E-state index contributed by atoms with van der Waals surface area (Å²) in [6.45, 7) is 3.14. The molecule has 0 bridgehead atoms. The van der Waals surface area contributed by atoms with Gasteiger partial charge >= 0.3 is 0 Å². The van der Waals surface area contributed by atoms with Gasteiger partial charge in [-0.25, -0.2) is 4.39 Å². The van der Waals surface area contributed by atoms with Crippen molar-refractivity contribution in [2.45, 2.75) is 38.6 Å². The van der Waals surface area contributed by atoms with Gasteiger partial charge in [-0.1, -0.05) is 40.2 Å². The highest BCUT2D eigenvalue weighted by Crippen LogP contribution is 2.18. The third kappa shape index (κ3) is 5.19. The molecular formula is C22H24BrFN2O2. The zero-order valence-electron chi connectivity index (χ0n) is 15.9. The molecule has 148 valence electrons. The van der Waals surface area contributed by atoms with E-state index >= 15 is 0 Å². The number of nitrogens with zero attached hydrogens (tertiary/aromatic N) is 1. The summed E-state index contributed by atoms with van der Waals surface area (Å²) in [5, 5.41) is 3.08. The zero-order chi connectivity index (χ0) is 20.1. The Bertz CT molecular complexity index is 863. The van der Waals surface area contributed by atoms with Gasteiger partial charge in [0.2, 0.25) is 5.91 Å². The lowest BCUT2D eigenvalue weighted by Crippen LogP contribution is -2.46. The lowest BCUT2D eigenvalue weighted by molar-refractivity contribution is -0.132. The Balaban J connectivity index is 1.46. The Morgan fingerprint density at radius 2 is 1.89 bits per heavy atom. The highest BCUT2D eigenvalue weighted by Gasteiger charge is 2.24. The highest BCUT2D eigenvalue weighted by atomic mass is 79.9. The third-order valence-electron chi connectivity index (χ3n) is 5.20. The van der Waals surface area contributed by atoms with Gasteiger partial charge in [-0.15, -0.1) is 0 Å². The third-order valence-corrected chi connectivity index (χ3v) is 5.69. The molecule has 1 aliphatic heterocycles. The van der Waals surface area contributed by atoms with Crippen molar-refractivity contribution in [2.75, 3.05) is 13.1 Å². The van der Waals surface area contributed by atoms with E-state index in [1.807, 2.05) is 36.1 Å². The summed E-state index contributed by atoms with van der Waals surface area (Å²) in [5.74, 6) is -0.320. The van der Waals surface area contributed by atoms with Crippen LogP contribution in [0, 0.1) is 12.7 Å². The van der Waals surface area contributed by atoms with E-state index in [1.165, 1.54) is 6.07 Å². The number of aryl methyl sites for hydroxylation is 2. The van der Waals surface area contributed by atoms with Crippen LogP contribution in [-0.2, 0) is 11.2 Å². The molecule has 0 unspecified atom stereocenters. The summed E-state index contributed by atoms with van der Waals surface area (Å²) in [5.41, 5.74) is 2.20. The van der Waals surface area contributed by atoms with Gasteiger partial charge in [0.05, 0.1) is 0 Å². The van der Waals surface area contributed by atoms with E-state index in [2.05, 4.69) is 21.2 Å². The van der Waals surface area contributed by atoms with Crippen molar-refractivity contribution in [3.05, 3.63) is 69.4 Å². The van der Waals surface area contributed by atoms with Crippen LogP contribution in [-0.4, -0.2) is 35.8 Å². The average Bonchev–Trinajstić information content (AvgIpc) is 2.68. The molecule has 0 aliphatic carbocycles. The quantitative estimate of drug-likeness (QED) is 0.745. The summed E-state index contributed by atoms with van der Waals surface area (Å²) in [6.07, 6.45) is 2.15. The van der Waals surface area contributed by atoms with E-state index in [1.54, 1.807) is 12.1 Å². The molecule has 1 heterocycles. The molecule has 1 fully saturated rings. The number of piperidine rings is 1. The zero-order valence-corrected chi connectivity index (χ0v) is 17.5. The number of halogens is 2. The van der Waals surface area contributed by atoms with Crippen LogP contribution in [0.2, 0.25) is 0 Å². The molecule has 2 aromatic rings. The summed E-state index contributed by atoms with van der Waals surface area (Å²) >= 11 is 3.24. The van der Waals surface area contributed by atoms with Crippen LogP contribution in [0.15, 0.2) is 46.9 Å². The summed E-state index contributed by atoms with van der Waals surface area (Å²) in [7, 11) is 0. The summed E-state index contributed by atoms with van der Waals surface area (Å²) in [4.78, 5) is 26.7. The van der Waals surface area contributed by atoms with Crippen molar-refractivity contribution >= 4 is 27.7 Å². The van der Waals surface area contributed by atoms with Gasteiger partial charge in [-0.05, 0) is 55.5 Å². The molecule has 0 spiro atoms. The summed E-state index contributed by atoms with van der Waals surface area (Å²) in [6, 6.07) is 12.5. The van der Waals surface area contributed by atoms with Gasteiger partial charge < -0.3 is 10.2 Å². The fourth-order valence-electron chi connectivity index (χ4n) is 3.49. The highest BCUT2D eigenvalue weighted by molar-refractivity contribution is 9.10. The molecule has 3 rings (SSSR count). The van der Waals surface area contributed by atoms with Gasteiger partial charge in [0.1, 0.15) is 5.82 Å². The van der Waals surface area contributed by atoms with Crippen LogP contribution < -0.4 is 5.32 Å². The second-order valence-corrected chi connectivity index (χ2v) is 8.09. The normalized spacial score (nSPS) is 14.8. The minimum Gasteiger partial charge on any atom is -0.349 e. The Labute approximate surface area is 173 Å². The Hall–Kier alpha value is -2.21. The van der Waals surface area contributed by atoms with Crippen molar-refractivity contribution in [3.8, 4) is 0 Å². The fraction of sp³-hybridized carbons (Fsp3) is 0.364. The SMILES string of the molecule is Cc1ccccc1C(=O)NC1CCN(C(=O)CCc2ccc(Br)cc2F)CC1. The van der Waals surface area contributed by atoms with Crippen LogP contribution in [0.3, 0.4) is 0 Å². The van der Waals surface area contributed by atoms with Gasteiger partial charge in [-0.3, -0.25) is 9.59 Å². The number of benzene rings is 2. The first kappa shape index (κ1) is 20.5. The van der Waals surface area contributed by atoms with Crippen molar-refractivity contribution in [2.24, 2.45) is 0 Å². The van der Waals surface area contributed by atoms with Crippen molar-refractivity contribution in [1.29, 1.82) is 0 Å². The predicted octanol–water partition coefficient (Wildman–Crippen LogP) is 4.25. The first-order chi connectivity index (χ1) is 13.4. The van der Waals surface area contributed by atoms with E-state index < -0.39 is 0 Å². The van der Waals surface area contributed by atoms with Crippen molar-refractivity contribution in [3.63, 3.8) is 0 Å². The smallest absolute Gasteiger partial charge is 0.251 e. The maximum absolute atomic E-state index is 13.9. The Kier molecular flexibility index (Phi) is 6.83. The number of amides is 2. The number of carbonyl (C=O) groups excluding carboxylic acids is 2. The predicted molar refractivity (Wildman–Crippen MR) is 111 cm³/mol. The molecule has 2 amide bonds. The molecule has 0 aromatic heterocycles. The van der Waals surface area contributed by atoms with E-state index in [-0.39, 0.29) is 23.7 Å². The van der Waals surface area contributed by atoms with Gasteiger partial charge in [0, 0.05) is 35.6 Å². The number of likely N-dealkylation sites (tertiary alicyclic amines) is 1. The standard InChI is InChI=1S/C22H24BrFN2O2/c1-15-4-2-3-5-19(15)22(28)25-18-10-12-26(13-11-18)21(27)9-7-16-6-8-17(23)14-20(16)24/h2-6,8,14,18H,7,9-13H2,1H3,(H,25,28). The Morgan fingerprint density at radius 3 is 2.57 bits per heavy atom. The molecule has 28 heavy (non-hydrogen) atoms. The number of hydrogen-bond acceptors (Lipinski definition) is 2. The van der Waals surface area contributed by atoms with Crippen LogP contribution in [0.25, 0.3) is 0 Å². The van der Waals surface area contributed by atoms with Crippen LogP contribution >= 0.6 is 15.9 Å². The first-order valence-corrected chi connectivity index (χ1v) is 10.3. The first-order valence-electron chi connectivity index (χ1n) is 9.52. The van der Waals surface area contributed by atoms with E-state index in [4.69, 9.17) is 0 Å². The van der Waals surface area contributed by atoms with Gasteiger partial charge in [-0.2, -0.15) is 0 Å². The minimum absolute atomic E-state index is 0.0333. The molecule has 1 saturated heterocycles. The molecule has 1 aliphatic rings. The van der Waals surface area contributed by atoms with Crippen LogP contribution in [0.5, 0.6) is 0 Å². The van der Waals surface area contributed by atoms with E-state index in [9.17, 15) is 14.0 Å². The van der Waals surface area contributed by atoms with Crippen LogP contribution in [0.4, 0.5) is 4.39 Å². The lowest BCUT2D eigenvalue weighted by Gasteiger charge is -2.32. The summed E-state index contributed by atoms with van der Waals surface area (Å²) < 4.78 is 14.6. The van der Waals surface area contributed by atoms with E-state index in [0.717, 1.165) is 18.4 Å². The Morgan fingerprint density at radius 1 is 1.18 bits per heavy atom. The molecule has 6 heteroatoms. The number of rotatable bonds is 5. The molecule has 2 aromatic carbocycles. The van der Waals surface area contributed by atoms with Crippen molar-refractivity contribution < 1.29 is 14.0 Å². The molecule has 0 saturated carbocycles. The molecule has 1 N–H and O–H groups in total. The van der Waals surface area contributed by atoms with E-state index in [0.29, 0.717) is 41.5 Å². The minimum atomic E-state index is -0.292. The lowest BCUT2D eigenvalue weighted by atomic mass is 10.0. The van der Waals surface area contributed by atoms with Crippen molar-refractivity contribution in [1.82, 2.24) is 10.2 Å². The largest absolute Gasteiger partial charge is 0.349 e. The average molecular weight is 447 g/mol. The number of nitrogens with one attached hydrogen (secondary N) is 1. The second kappa shape index (κ2) is 9.32. The maximum atomic E-state index is 13.9. The fourth-order valence-corrected chi connectivity index (χ4v) is 3.82. The molecule has 4 nitrogen and oxygen atoms in total. The van der Waals surface area contributed by atoms with Gasteiger partial charge in [0.25, 0.3) is 5.91 Å². The maximum Gasteiger partial charge on any atom is 0.251 e. The van der Waals surface area contributed by atoms with Gasteiger partial charge in [0.15, 0.2) is 0 Å². The molecule has 0 radical (unpaired) electrons.